The van der Waals surface area contributed by atoms with Gasteiger partial charge < -0.3 is 9.64 Å². The van der Waals surface area contributed by atoms with Crippen LogP contribution >= 0.6 is 11.6 Å². The van der Waals surface area contributed by atoms with E-state index in [4.69, 9.17) is 16.3 Å². The minimum atomic E-state index is 0.00722. The first-order valence-corrected chi connectivity index (χ1v) is 6.67. The first-order chi connectivity index (χ1) is 7.57. The summed E-state index contributed by atoms with van der Waals surface area (Å²) in [7, 11) is 1.79. The predicted molar refractivity (Wildman–Crippen MR) is 69.3 cm³/mol. The fourth-order valence-electron chi connectivity index (χ4n) is 1.89. The Morgan fingerprint density at radius 1 is 1.06 bits per heavy atom. The van der Waals surface area contributed by atoms with Crippen LogP contribution in [0.5, 0.6) is 0 Å². The predicted octanol–water partition coefficient (Wildman–Crippen LogP) is 1.66. The zero-order chi connectivity index (χ0) is 12.0. The molecule has 3 nitrogen and oxygen atoms in total. The molecular formula is C12H25ClN2O. The maximum Gasteiger partial charge on any atom is 0.0634 e. The Balaban J connectivity index is 2.17. The first-order valence-electron chi connectivity index (χ1n) is 6.13. The van der Waals surface area contributed by atoms with Gasteiger partial charge in [-0.25, -0.2) is 0 Å². The van der Waals surface area contributed by atoms with E-state index in [-0.39, 0.29) is 5.60 Å². The fourth-order valence-corrected chi connectivity index (χ4v) is 2.12. The van der Waals surface area contributed by atoms with Crippen molar-refractivity contribution >= 4 is 11.6 Å². The van der Waals surface area contributed by atoms with Crippen LogP contribution in [-0.2, 0) is 4.74 Å². The number of halogens is 1. The average molecular weight is 249 g/mol. The Labute approximate surface area is 105 Å². The van der Waals surface area contributed by atoms with E-state index in [9.17, 15) is 0 Å². The van der Waals surface area contributed by atoms with Crippen LogP contribution in [0.3, 0.4) is 0 Å². The molecule has 0 radical (unpaired) electrons. The average Bonchev–Trinajstić information content (AvgIpc) is 2.29. The molecular weight excluding hydrogens is 224 g/mol. The molecule has 16 heavy (non-hydrogen) atoms. The van der Waals surface area contributed by atoms with Crippen LogP contribution in [0.25, 0.3) is 0 Å². The van der Waals surface area contributed by atoms with Crippen molar-refractivity contribution in [2.24, 2.45) is 0 Å². The second-order valence-corrected chi connectivity index (χ2v) is 5.46. The third-order valence-corrected chi connectivity index (χ3v) is 3.62. The molecule has 1 aliphatic rings. The molecule has 0 bridgehead atoms. The van der Waals surface area contributed by atoms with Gasteiger partial charge in [-0.05, 0) is 20.3 Å². The van der Waals surface area contributed by atoms with Crippen molar-refractivity contribution in [2.75, 3.05) is 52.3 Å². The standard InChI is InChI=1S/C12H25ClN2O/c1-12(2,16-3)4-6-14-8-10-15(7-5-13)11-9-14/h4-11H2,1-3H3. The van der Waals surface area contributed by atoms with Gasteiger partial charge in [0.25, 0.3) is 0 Å². The van der Waals surface area contributed by atoms with Gasteiger partial charge in [0.2, 0.25) is 0 Å². The Hall–Kier alpha value is 0.170. The Bertz CT molecular complexity index is 191. The first kappa shape index (κ1) is 14.2. The van der Waals surface area contributed by atoms with Gasteiger partial charge in [-0.3, -0.25) is 4.90 Å². The van der Waals surface area contributed by atoms with Gasteiger partial charge in [0, 0.05) is 52.3 Å². The normalized spacial score (nSPS) is 20.2. The molecule has 0 unspecified atom stereocenters. The van der Waals surface area contributed by atoms with Crippen LogP contribution in [-0.4, -0.2) is 67.7 Å². The summed E-state index contributed by atoms with van der Waals surface area (Å²) >= 11 is 5.74. The number of ether oxygens (including phenoxy) is 1. The van der Waals surface area contributed by atoms with Crippen molar-refractivity contribution in [3.63, 3.8) is 0 Å². The zero-order valence-electron chi connectivity index (χ0n) is 10.8. The topological polar surface area (TPSA) is 15.7 Å². The van der Waals surface area contributed by atoms with Crippen LogP contribution in [0, 0.1) is 0 Å². The minimum absolute atomic E-state index is 0.00722. The van der Waals surface area contributed by atoms with Crippen LogP contribution < -0.4 is 0 Å². The highest BCUT2D eigenvalue weighted by Crippen LogP contribution is 2.14. The second-order valence-electron chi connectivity index (χ2n) is 5.09. The lowest BCUT2D eigenvalue weighted by atomic mass is 10.0. The van der Waals surface area contributed by atoms with Crippen molar-refractivity contribution in [2.45, 2.75) is 25.9 Å². The number of alkyl halides is 1. The lowest BCUT2D eigenvalue weighted by Gasteiger charge is -2.36. The van der Waals surface area contributed by atoms with Crippen molar-refractivity contribution in [1.29, 1.82) is 0 Å². The second kappa shape index (κ2) is 6.80. The van der Waals surface area contributed by atoms with E-state index in [0.717, 1.165) is 51.6 Å². The van der Waals surface area contributed by atoms with Gasteiger partial charge in [0.05, 0.1) is 5.60 Å². The molecule has 1 fully saturated rings. The molecule has 1 heterocycles. The summed E-state index contributed by atoms with van der Waals surface area (Å²) in [5, 5.41) is 0. The molecule has 0 spiro atoms. The van der Waals surface area contributed by atoms with E-state index in [1.165, 1.54) is 0 Å². The Morgan fingerprint density at radius 2 is 1.56 bits per heavy atom. The van der Waals surface area contributed by atoms with Gasteiger partial charge in [0.1, 0.15) is 0 Å². The van der Waals surface area contributed by atoms with Crippen molar-refractivity contribution in [1.82, 2.24) is 9.80 Å². The molecule has 4 heteroatoms. The van der Waals surface area contributed by atoms with E-state index in [1.807, 2.05) is 0 Å². The van der Waals surface area contributed by atoms with Crippen molar-refractivity contribution in [3.05, 3.63) is 0 Å². The molecule has 1 saturated heterocycles. The van der Waals surface area contributed by atoms with Crippen LogP contribution in [0.2, 0.25) is 0 Å². The van der Waals surface area contributed by atoms with Gasteiger partial charge in [-0.15, -0.1) is 11.6 Å². The monoisotopic (exact) mass is 248 g/mol. The summed E-state index contributed by atoms with van der Waals surface area (Å²) in [4.78, 5) is 4.95. The lowest BCUT2D eigenvalue weighted by molar-refractivity contribution is 0.00353. The summed E-state index contributed by atoms with van der Waals surface area (Å²) in [5.74, 6) is 0.747. The molecule has 0 aromatic heterocycles. The smallest absolute Gasteiger partial charge is 0.0634 e. The van der Waals surface area contributed by atoms with Gasteiger partial charge in [-0.1, -0.05) is 0 Å². The van der Waals surface area contributed by atoms with E-state index in [1.54, 1.807) is 7.11 Å². The molecule has 0 saturated carbocycles. The zero-order valence-corrected chi connectivity index (χ0v) is 11.6. The van der Waals surface area contributed by atoms with E-state index in [0.29, 0.717) is 0 Å². The highest BCUT2D eigenvalue weighted by Gasteiger charge is 2.20. The fraction of sp³-hybridized carbons (Fsp3) is 1.00. The number of hydrogen-bond acceptors (Lipinski definition) is 3. The Kier molecular flexibility index (Phi) is 6.05. The van der Waals surface area contributed by atoms with E-state index < -0.39 is 0 Å². The third-order valence-electron chi connectivity index (χ3n) is 3.45. The summed E-state index contributed by atoms with van der Waals surface area (Å²) in [5.41, 5.74) is 0.00722. The summed E-state index contributed by atoms with van der Waals surface area (Å²) in [6, 6.07) is 0. The molecule has 0 aromatic rings. The number of nitrogens with zero attached hydrogens (tertiary/aromatic N) is 2. The lowest BCUT2D eigenvalue weighted by Crippen LogP contribution is -2.48. The van der Waals surface area contributed by atoms with Crippen molar-refractivity contribution in [3.8, 4) is 0 Å². The van der Waals surface area contributed by atoms with Crippen LogP contribution in [0.4, 0.5) is 0 Å². The SMILES string of the molecule is COC(C)(C)CCN1CCN(CCCl)CC1. The summed E-state index contributed by atoms with van der Waals surface area (Å²) in [6.45, 7) is 11.1. The molecule has 0 aliphatic carbocycles. The summed E-state index contributed by atoms with van der Waals surface area (Å²) in [6.07, 6.45) is 1.10. The third kappa shape index (κ3) is 5.00. The number of hydrogen-bond donors (Lipinski definition) is 0. The number of rotatable bonds is 6. The van der Waals surface area contributed by atoms with Gasteiger partial charge in [-0.2, -0.15) is 0 Å². The highest BCUT2D eigenvalue weighted by molar-refractivity contribution is 6.18. The number of piperazine rings is 1. The maximum atomic E-state index is 5.74. The van der Waals surface area contributed by atoms with E-state index in [2.05, 4.69) is 23.6 Å². The maximum absolute atomic E-state index is 5.74. The minimum Gasteiger partial charge on any atom is -0.379 e. The summed E-state index contributed by atoms with van der Waals surface area (Å²) < 4.78 is 5.43. The quantitative estimate of drug-likeness (QED) is 0.665. The molecule has 0 aromatic carbocycles. The molecule has 96 valence electrons. The molecule has 1 aliphatic heterocycles. The van der Waals surface area contributed by atoms with E-state index >= 15 is 0 Å². The largest absolute Gasteiger partial charge is 0.379 e. The van der Waals surface area contributed by atoms with Gasteiger partial charge >= 0.3 is 0 Å². The Morgan fingerprint density at radius 3 is 2.00 bits per heavy atom. The molecule has 1 rings (SSSR count). The van der Waals surface area contributed by atoms with Gasteiger partial charge in [0.15, 0.2) is 0 Å². The molecule has 0 amide bonds. The number of methoxy groups -OCH3 is 1. The van der Waals surface area contributed by atoms with Crippen LogP contribution in [0.1, 0.15) is 20.3 Å². The van der Waals surface area contributed by atoms with Crippen LogP contribution in [0.15, 0.2) is 0 Å². The molecule has 0 N–H and O–H groups in total. The van der Waals surface area contributed by atoms with Crippen molar-refractivity contribution < 1.29 is 4.74 Å². The highest BCUT2D eigenvalue weighted by atomic mass is 35.5. The molecule has 0 atom stereocenters.